The summed E-state index contributed by atoms with van der Waals surface area (Å²) in [4.78, 5) is 10.2. The van der Waals surface area contributed by atoms with E-state index in [9.17, 15) is 10.1 Å². The molecular weight excluding hydrogens is 202 g/mol. The molecule has 0 amide bonds. The second-order valence-corrected chi connectivity index (χ2v) is 3.24. The van der Waals surface area contributed by atoms with E-state index in [0.717, 1.165) is 5.92 Å². The van der Waals surface area contributed by atoms with E-state index in [1.165, 1.54) is 12.1 Å². The molecule has 1 rings (SSSR count). The third kappa shape index (κ3) is 2.12. The summed E-state index contributed by atoms with van der Waals surface area (Å²) in [6, 6.07) is 4.46. The largest absolute Gasteiger partial charge is 0.273 e. The summed E-state index contributed by atoms with van der Waals surface area (Å²) in [6.07, 6.45) is 1.57. The number of hydrogen-bond acceptors (Lipinski definition) is 2. The minimum absolute atomic E-state index is 0.0480. The molecule has 0 heterocycles. The summed E-state index contributed by atoms with van der Waals surface area (Å²) in [5, 5.41) is 11.1. The smallest absolute Gasteiger partial charge is 0.258 e. The van der Waals surface area contributed by atoms with Gasteiger partial charge in [0.05, 0.1) is 4.92 Å². The summed E-state index contributed by atoms with van der Waals surface area (Å²) in [7, 11) is 0. The quantitative estimate of drug-likeness (QED) is 0.567. The summed E-state index contributed by atoms with van der Waals surface area (Å²) in [5.74, 6) is 0.735. The van der Waals surface area contributed by atoms with Crippen LogP contribution in [-0.4, -0.2) is 4.92 Å². The Kier molecular flexibility index (Phi) is 3.25. The summed E-state index contributed by atoms with van der Waals surface area (Å²) >= 11 is 5.75. The van der Waals surface area contributed by atoms with Gasteiger partial charge in [0.15, 0.2) is 0 Å². The number of nitro groups is 1. The minimum atomic E-state index is -0.432. The van der Waals surface area contributed by atoms with Crippen molar-refractivity contribution in [3.8, 4) is 0 Å². The van der Waals surface area contributed by atoms with Crippen LogP contribution in [0.15, 0.2) is 30.9 Å². The third-order valence-electron chi connectivity index (χ3n) is 1.89. The van der Waals surface area contributed by atoms with E-state index in [0.29, 0.717) is 10.6 Å². The maximum absolute atomic E-state index is 10.7. The van der Waals surface area contributed by atoms with Gasteiger partial charge >= 0.3 is 0 Å². The first-order valence-electron chi connectivity index (χ1n) is 3.96. The fourth-order valence-electron chi connectivity index (χ4n) is 1.09. The molecule has 1 aromatic rings. The summed E-state index contributed by atoms with van der Waals surface area (Å²) in [6.45, 7) is 5.32. The monoisotopic (exact) mass is 210 g/mol. The number of hydrogen-bond donors (Lipinski definition) is 0. The second-order valence-electron chi connectivity index (χ2n) is 2.81. The lowest BCUT2D eigenvalue weighted by Crippen LogP contribution is -1.98. The molecule has 0 aliphatic carbocycles. The van der Waals surface area contributed by atoms with Crippen LogP contribution >= 0.6 is 11.6 Å². The summed E-state index contributed by atoms with van der Waals surface area (Å²) in [5.41, 5.74) is 0.560. The van der Waals surface area contributed by atoms with Crippen molar-refractivity contribution >= 4 is 17.3 Å². The molecule has 14 heavy (non-hydrogen) atoms. The zero-order chi connectivity index (χ0) is 10.7. The van der Waals surface area contributed by atoms with Gasteiger partial charge in [0.25, 0.3) is 5.69 Å². The molecule has 0 unspecified atom stereocenters. The molecule has 0 spiro atoms. The number of nitro benzene ring substituents is 1. The van der Waals surface area contributed by atoms with Crippen LogP contribution in [0, 0.1) is 16.0 Å². The fraction of sp³-hybridized carbons (Fsp3) is 0.100. The Morgan fingerprint density at radius 3 is 2.79 bits per heavy atom. The van der Waals surface area contributed by atoms with Crippen LogP contribution < -0.4 is 0 Å². The first-order chi connectivity index (χ1) is 6.56. The number of rotatable bonds is 3. The van der Waals surface area contributed by atoms with Crippen molar-refractivity contribution in [2.24, 2.45) is 0 Å². The highest BCUT2D eigenvalue weighted by Crippen LogP contribution is 2.29. The predicted octanol–water partition coefficient (Wildman–Crippen LogP) is 3.38. The maximum atomic E-state index is 10.7. The first kappa shape index (κ1) is 10.7. The van der Waals surface area contributed by atoms with Crippen molar-refractivity contribution in [1.29, 1.82) is 0 Å². The van der Waals surface area contributed by atoms with Gasteiger partial charge in [-0.3, -0.25) is 10.1 Å². The molecule has 3 nitrogen and oxygen atoms in total. The third-order valence-corrected chi connectivity index (χ3v) is 2.12. The average Bonchev–Trinajstić information content (AvgIpc) is 2.16. The standard InChI is InChI=1S/C10H9ClNO2/c1-3-7(2)9-6-8(11)4-5-10(9)12(13)14/h3-6H,1H2,2H3. The molecule has 0 aromatic heterocycles. The van der Waals surface area contributed by atoms with Gasteiger partial charge in [0, 0.05) is 22.6 Å². The second kappa shape index (κ2) is 4.24. The molecule has 0 saturated heterocycles. The topological polar surface area (TPSA) is 43.1 Å². The highest BCUT2D eigenvalue weighted by atomic mass is 35.5. The normalized spacial score (nSPS) is 10.2. The van der Waals surface area contributed by atoms with E-state index < -0.39 is 4.92 Å². The van der Waals surface area contributed by atoms with E-state index >= 15 is 0 Å². The SMILES string of the molecule is C=C[C](C)c1cc(Cl)ccc1[N+](=O)[O-]. The molecule has 0 atom stereocenters. The zero-order valence-corrected chi connectivity index (χ0v) is 8.41. The van der Waals surface area contributed by atoms with Gasteiger partial charge in [0.2, 0.25) is 0 Å². The molecule has 0 aliphatic heterocycles. The van der Waals surface area contributed by atoms with Gasteiger partial charge in [-0.1, -0.05) is 24.6 Å². The molecule has 1 aromatic carbocycles. The van der Waals surface area contributed by atoms with E-state index in [2.05, 4.69) is 6.58 Å². The summed E-state index contributed by atoms with van der Waals surface area (Å²) < 4.78 is 0. The Hall–Kier alpha value is -1.35. The molecular formula is C10H9ClNO2. The lowest BCUT2D eigenvalue weighted by Gasteiger charge is -2.06. The van der Waals surface area contributed by atoms with Crippen molar-refractivity contribution < 1.29 is 4.92 Å². The number of benzene rings is 1. The van der Waals surface area contributed by atoms with Gasteiger partial charge in [-0.15, -0.1) is 6.58 Å². The van der Waals surface area contributed by atoms with Crippen LogP contribution in [0.2, 0.25) is 5.02 Å². The number of halogens is 1. The molecule has 73 valence electrons. The van der Waals surface area contributed by atoms with Crippen molar-refractivity contribution in [3.05, 3.63) is 57.5 Å². The Balaban J connectivity index is 3.29. The highest BCUT2D eigenvalue weighted by molar-refractivity contribution is 6.30. The highest BCUT2D eigenvalue weighted by Gasteiger charge is 2.17. The van der Waals surface area contributed by atoms with Crippen molar-refractivity contribution in [1.82, 2.24) is 0 Å². The molecule has 0 saturated carbocycles. The van der Waals surface area contributed by atoms with Crippen molar-refractivity contribution in [2.45, 2.75) is 6.92 Å². The maximum Gasteiger partial charge on any atom is 0.273 e. The number of allylic oxidation sites excluding steroid dienone is 1. The Labute approximate surface area is 87.2 Å². The average molecular weight is 211 g/mol. The van der Waals surface area contributed by atoms with Gasteiger partial charge in [0.1, 0.15) is 0 Å². The van der Waals surface area contributed by atoms with Crippen LogP contribution in [0.5, 0.6) is 0 Å². The van der Waals surface area contributed by atoms with E-state index in [4.69, 9.17) is 11.6 Å². The molecule has 0 N–H and O–H groups in total. The number of nitrogens with zero attached hydrogens (tertiary/aromatic N) is 1. The van der Waals surface area contributed by atoms with E-state index in [-0.39, 0.29) is 5.69 Å². The van der Waals surface area contributed by atoms with Crippen LogP contribution in [0.4, 0.5) is 5.69 Å². The van der Waals surface area contributed by atoms with E-state index in [1.54, 1.807) is 19.1 Å². The van der Waals surface area contributed by atoms with Crippen LogP contribution in [0.3, 0.4) is 0 Å². The van der Waals surface area contributed by atoms with Crippen LogP contribution in [0.1, 0.15) is 12.5 Å². The molecule has 4 heteroatoms. The molecule has 1 radical (unpaired) electrons. The Morgan fingerprint density at radius 2 is 2.29 bits per heavy atom. The molecule has 0 fully saturated rings. The lowest BCUT2D eigenvalue weighted by atomic mass is 10.00. The van der Waals surface area contributed by atoms with Gasteiger partial charge < -0.3 is 0 Å². The van der Waals surface area contributed by atoms with E-state index in [1.807, 2.05) is 0 Å². The fourth-order valence-corrected chi connectivity index (χ4v) is 1.27. The predicted molar refractivity (Wildman–Crippen MR) is 56.3 cm³/mol. The van der Waals surface area contributed by atoms with Crippen LogP contribution in [-0.2, 0) is 0 Å². The van der Waals surface area contributed by atoms with Crippen molar-refractivity contribution in [2.75, 3.05) is 0 Å². The molecule has 0 bridgehead atoms. The first-order valence-corrected chi connectivity index (χ1v) is 4.34. The van der Waals surface area contributed by atoms with Gasteiger partial charge in [-0.05, 0) is 12.1 Å². The van der Waals surface area contributed by atoms with Gasteiger partial charge in [-0.25, -0.2) is 0 Å². The zero-order valence-electron chi connectivity index (χ0n) is 7.66. The van der Waals surface area contributed by atoms with Crippen molar-refractivity contribution in [3.63, 3.8) is 0 Å². The molecule has 0 aliphatic rings. The minimum Gasteiger partial charge on any atom is -0.258 e. The Morgan fingerprint density at radius 1 is 1.64 bits per heavy atom. The van der Waals surface area contributed by atoms with Gasteiger partial charge in [-0.2, -0.15) is 0 Å². The Bertz CT molecular complexity index is 376. The lowest BCUT2D eigenvalue weighted by molar-refractivity contribution is -0.385. The van der Waals surface area contributed by atoms with Crippen LogP contribution in [0.25, 0.3) is 0 Å².